The van der Waals surface area contributed by atoms with E-state index in [9.17, 15) is 4.79 Å². The monoisotopic (exact) mass is 240 g/mol. The van der Waals surface area contributed by atoms with Crippen LogP contribution in [0.25, 0.3) is 0 Å². The molecule has 1 heterocycles. The average molecular weight is 240 g/mol. The van der Waals surface area contributed by atoms with Crippen molar-refractivity contribution in [1.29, 1.82) is 0 Å². The molecule has 4 nitrogen and oxygen atoms in total. The zero-order valence-corrected chi connectivity index (χ0v) is 11.2. The Hall–Kier alpha value is -0.770. The summed E-state index contributed by atoms with van der Waals surface area (Å²) < 4.78 is 5.40. The molecule has 0 aromatic rings. The van der Waals surface area contributed by atoms with Crippen LogP contribution in [0.5, 0.6) is 0 Å². The molecule has 2 fully saturated rings. The van der Waals surface area contributed by atoms with Crippen molar-refractivity contribution in [2.24, 2.45) is 17.1 Å². The SMILES string of the molecule is CC(C)(C)OC(=O)N1CCC2(CC(CN)C2)C1. The molecule has 1 saturated carbocycles. The molecular weight excluding hydrogens is 216 g/mol. The third-order valence-corrected chi connectivity index (χ3v) is 3.87. The lowest BCUT2D eigenvalue weighted by atomic mass is 9.61. The first kappa shape index (κ1) is 12.7. The van der Waals surface area contributed by atoms with Crippen LogP contribution in [-0.4, -0.2) is 36.2 Å². The quantitative estimate of drug-likeness (QED) is 0.762. The van der Waals surface area contributed by atoms with E-state index in [1.54, 1.807) is 0 Å². The zero-order chi connectivity index (χ0) is 12.7. The molecule has 2 N–H and O–H groups in total. The Kier molecular flexibility index (Phi) is 3.10. The minimum absolute atomic E-state index is 0.162. The number of carbonyl (C=O) groups is 1. The van der Waals surface area contributed by atoms with Crippen LogP contribution in [0, 0.1) is 11.3 Å². The summed E-state index contributed by atoms with van der Waals surface area (Å²) in [5.74, 6) is 0.675. The molecule has 17 heavy (non-hydrogen) atoms. The maximum Gasteiger partial charge on any atom is 0.410 e. The molecule has 1 amide bonds. The van der Waals surface area contributed by atoms with E-state index in [0.29, 0.717) is 11.3 Å². The van der Waals surface area contributed by atoms with Crippen LogP contribution in [0.1, 0.15) is 40.0 Å². The summed E-state index contributed by atoms with van der Waals surface area (Å²) in [6.45, 7) is 8.21. The number of nitrogens with two attached hydrogens (primary N) is 1. The molecule has 1 aliphatic heterocycles. The first-order chi connectivity index (χ1) is 7.84. The summed E-state index contributed by atoms with van der Waals surface area (Å²) in [7, 11) is 0. The molecule has 98 valence electrons. The topological polar surface area (TPSA) is 55.6 Å². The van der Waals surface area contributed by atoms with E-state index in [0.717, 1.165) is 26.1 Å². The van der Waals surface area contributed by atoms with Crippen molar-refractivity contribution in [3.05, 3.63) is 0 Å². The molecule has 2 rings (SSSR count). The predicted molar refractivity (Wildman–Crippen MR) is 66.6 cm³/mol. The highest BCUT2D eigenvalue weighted by Gasteiger charge is 2.49. The molecule has 0 atom stereocenters. The summed E-state index contributed by atoms with van der Waals surface area (Å²) in [5, 5.41) is 0. The van der Waals surface area contributed by atoms with E-state index >= 15 is 0 Å². The van der Waals surface area contributed by atoms with Gasteiger partial charge in [0.05, 0.1) is 0 Å². The second-order valence-electron chi connectivity index (χ2n) is 6.66. The van der Waals surface area contributed by atoms with Crippen LogP contribution in [-0.2, 0) is 4.74 Å². The Morgan fingerprint density at radius 2 is 2.12 bits per heavy atom. The summed E-state index contributed by atoms with van der Waals surface area (Å²) in [6.07, 6.45) is 3.32. The van der Waals surface area contributed by atoms with E-state index < -0.39 is 5.60 Å². The maximum atomic E-state index is 11.9. The Morgan fingerprint density at radius 1 is 1.47 bits per heavy atom. The summed E-state index contributed by atoms with van der Waals surface area (Å²) in [6, 6.07) is 0. The molecule has 0 bridgehead atoms. The van der Waals surface area contributed by atoms with Crippen LogP contribution in [0.3, 0.4) is 0 Å². The van der Waals surface area contributed by atoms with Gasteiger partial charge in [-0.05, 0) is 57.9 Å². The molecule has 2 aliphatic rings. The highest BCUT2D eigenvalue weighted by molar-refractivity contribution is 5.68. The van der Waals surface area contributed by atoms with Gasteiger partial charge in [0, 0.05) is 13.1 Å². The molecule has 4 heteroatoms. The van der Waals surface area contributed by atoms with Crippen LogP contribution in [0.2, 0.25) is 0 Å². The number of carbonyl (C=O) groups excluding carboxylic acids is 1. The number of rotatable bonds is 1. The van der Waals surface area contributed by atoms with Gasteiger partial charge < -0.3 is 15.4 Å². The van der Waals surface area contributed by atoms with Gasteiger partial charge in [-0.25, -0.2) is 4.79 Å². The van der Waals surface area contributed by atoms with E-state index in [4.69, 9.17) is 10.5 Å². The third kappa shape index (κ3) is 2.73. The van der Waals surface area contributed by atoms with Crippen molar-refractivity contribution in [3.8, 4) is 0 Å². The molecule has 0 unspecified atom stereocenters. The normalized spacial score (nSPS) is 32.7. The number of likely N-dealkylation sites (tertiary alicyclic amines) is 1. The van der Waals surface area contributed by atoms with Gasteiger partial charge in [0.15, 0.2) is 0 Å². The highest BCUT2D eigenvalue weighted by Crippen LogP contribution is 2.51. The average Bonchev–Trinajstić information content (AvgIpc) is 2.56. The van der Waals surface area contributed by atoms with Gasteiger partial charge >= 0.3 is 6.09 Å². The van der Waals surface area contributed by atoms with Crippen molar-refractivity contribution >= 4 is 6.09 Å². The van der Waals surface area contributed by atoms with Gasteiger partial charge in [-0.1, -0.05) is 0 Å². The highest BCUT2D eigenvalue weighted by atomic mass is 16.6. The van der Waals surface area contributed by atoms with Crippen molar-refractivity contribution in [2.45, 2.75) is 45.6 Å². The molecule has 0 aromatic carbocycles. The minimum Gasteiger partial charge on any atom is -0.444 e. The minimum atomic E-state index is -0.397. The van der Waals surface area contributed by atoms with Gasteiger partial charge in [0.1, 0.15) is 5.60 Å². The van der Waals surface area contributed by atoms with Crippen LogP contribution in [0.4, 0.5) is 4.79 Å². The number of hydrogen-bond donors (Lipinski definition) is 1. The van der Waals surface area contributed by atoms with E-state index in [1.807, 2.05) is 25.7 Å². The Bertz CT molecular complexity index is 303. The second-order valence-corrected chi connectivity index (χ2v) is 6.66. The predicted octanol–water partition coefficient (Wildman–Crippen LogP) is 1.98. The number of amides is 1. The van der Waals surface area contributed by atoms with Crippen molar-refractivity contribution in [1.82, 2.24) is 4.90 Å². The van der Waals surface area contributed by atoms with Gasteiger partial charge in [0.2, 0.25) is 0 Å². The number of hydrogen-bond acceptors (Lipinski definition) is 3. The first-order valence-corrected chi connectivity index (χ1v) is 6.52. The first-order valence-electron chi connectivity index (χ1n) is 6.52. The Morgan fingerprint density at radius 3 is 2.65 bits per heavy atom. The summed E-state index contributed by atoms with van der Waals surface area (Å²) in [4.78, 5) is 13.8. The molecule has 1 spiro atoms. The maximum absolute atomic E-state index is 11.9. The van der Waals surface area contributed by atoms with Gasteiger partial charge in [-0.2, -0.15) is 0 Å². The second kappa shape index (κ2) is 4.16. The number of ether oxygens (including phenoxy) is 1. The molecule has 1 aliphatic carbocycles. The molecule has 1 saturated heterocycles. The lowest BCUT2D eigenvalue weighted by molar-refractivity contribution is 0.0192. The summed E-state index contributed by atoms with van der Waals surface area (Å²) >= 11 is 0. The van der Waals surface area contributed by atoms with Gasteiger partial charge in [-0.15, -0.1) is 0 Å². The van der Waals surface area contributed by atoms with E-state index in [1.165, 1.54) is 12.8 Å². The largest absolute Gasteiger partial charge is 0.444 e. The molecular formula is C13H24N2O2. The van der Waals surface area contributed by atoms with Crippen LogP contribution in [0.15, 0.2) is 0 Å². The van der Waals surface area contributed by atoms with Gasteiger partial charge in [0.25, 0.3) is 0 Å². The summed E-state index contributed by atoms with van der Waals surface area (Å²) in [5.41, 5.74) is 5.62. The van der Waals surface area contributed by atoms with Crippen molar-refractivity contribution in [3.63, 3.8) is 0 Å². The standard InChI is InChI=1S/C13H24N2O2/c1-12(2,3)17-11(16)15-5-4-13(9-15)6-10(7-13)8-14/h10H,4-9,14H2,1-3H3. The fourth-order valence-electron chi connectivity index (χ4n) is 3.08. The van der Waals surface area contributed by atoms with Crippen molar-refractivity contribution < 1.29 is 9.53 Å². The van der Waals surface area contributed by atoms with Gasteiger partial charge in [-0.3, -0.25) is 0 Å². The number of nitrogens with zero attached hydrogens (tertiary/aromatic N) is 1. The Labute approximate surface area is 103 Å². The fourth-order valence-corrected chi connectivity index (χ4v) is 3.08. The molecule has 0 radical (unpaired) electrons. The Balaban J connectivity index is 1.84. The van der Waals surface area contributed by atoms with Crippen LogP contribution >= 0.6 is 0 Å². The smallest absolute Gasteiger partial charge is 0.410 e. The fraction of sp³-hybridized carbons (Fsp3) is 0.923. The molecule has 0 aromatic heterocycles. The third-order valence-electron chi connectivity index (χ3n) is 3.87. The van der Waals surface area contributed by atoms with Crippen molar-refractivity contribution in [2.75, 3.05) is 19.6 Å². The van der Waals surface area contributed by atoms with E-state index in [2.05, 4.69) is 0 Å². The lowest BCUT2D eigenvalue weighted by Gasteiger charge is -2.44. The lowest BCUT2D eigenvalue weighted by Crippen LogP contribution is -2.44. The van der Waals surface area contributed by atoms with Crippen LogP contribution < -0.4 is 5.73 Å². The van der Waals surface area contributed by atoms with E-state index in [-0.39, 0.29) is 6.09 Å². The zero-order valence-electron chi connectivity index (χ0n) is 11.2.